The van der Waals surface area contributed by atoms with E-state index in [0.29, 0.717) is 18.5 Å². The van der Waals surface area contributed by atoms with Crippen LogP contribution in [0.4, 0.5) is 10.5 Å². The predicted octanol–water partition coefficient (Wildman–Crippen LogP) is 3.72. The highest BCUT2D eigenvalue weighted by atomic mass is 16.6. The van der Waals surface area contributed by atoms with E-state index >= 15 is 0 Å². The fourth-order valence-electron chi connectivity index (χ4n) is 5.45. The highest BCUT2D eigenvalue weighted by Crippen LogP contribution is 2.13. The van der Waals surface area contributed by atoms with Crippen LogP contribution < -0.4 is 26.6 Å². The first-order chi connectivity index (χ1) is 24.7. The van der Waals surface area contributed by atoms with Gasteiger partial charge < -0.3 is 41.5 Å². The van der Waals surface area contributed by atoms with Crippen molar-refractivity contribution in [3.05, 3.63) is 102 Å². The number of nitrogens with one attached hydrogen (secondary N) is 5. The van der Waals surface area contributed by atoms with E-state index in [9.17, 15) is 29.4 Å². The van der Waals surface area contributed by atoms with Gasteiger partial charge in [-0.05, 0) is 62.8 Å². The van der Waals surface area contributed by atoms with Crippen LogP contribution in [0.1, 0.15) is 58.6 Å². The number of benzene rings is 3. The number of carbonyl (C=O) groups excluding carboxylic acids is 4. The summed E-state index contributed by atoms with van der Waals surface area (Å²) in [5.74, 6) is -1.52. The molecule has 0 saturated carbocycles. The lowest BCUT2D eigenvalue weighted by molar-refractivity contribution is -0.131. The van der Waals surface area contributed by atoms with Gasteiger partial charge in [-0.2, -0.15) is 0 Å². The van der Waals surface area contributed by atoms with Gasteiger partial charge in [-0.25, -0.2) is 4.79 Å². The predicted molar refractivity (Wildman–Crippen MR) is 201 cm³/mol. The third kappa shape index (κ3) is 15.6. The molecule has 5 atom stereocenters. The molecule has 3 rings (SSSR count). The molecule has 0 aliphatic rings. The lowest BCUT2D eigenvalue weighted by Gasteiger charge is -2.30. The number of para-hydroxylation sites is 1. The Hall–Kier alpha value is -4.78. The number of anilines is 1. The molecule has 0 aliphatic heterocycles. The number of hydrogen-bond donors (Lipinski definition) is 7. The molecule has 0 aromatic heterocycles. The molecule has 4 amide bonds. The van der Waals surface area contributed by atoms with Gasteiger partial charge in [0.05, 0.1) is 24.3 Å². The van der Waals surface area contributed by atoms with Gasteiger partial charge in [0, 0.05) is 31.6 Å². The quantitative estimate of drug-likeness (QED) is 0.0981. The second-order valence-electron chi connectivity index (χ2n) is 14.2. The molecule has 0 aliphatic carbocycles. The van der Waals surface area contributed by atoms with Crippen LogP contribution in [0.5, 0.6) is 0 Å². The highest BCUT2D eigenvalue weighted by Gasteiger charge is 2.30. The van der Waals surface area contributed by atoms with Crippen molar-refractivity contribution in [2.45, 2.75) is 96.2 Å². The zero-order valence-corrected chi connectivity index (χ0v) is 30.8. The van der Waals surface area contributed by atoms with E-state index < -0.39 is 53.8 Å². The molecule has 0 fully saturated rings. The Labute approximate surface area is 307 Å². The van der Waals surface area contributed by atoms with Gasteiger partial charge >= 0.3 is 6.09 Å². The first-order valence-corrected chi connectivity index (χ1v) is 17.8. The second kappa shape index (κ2) is 20.9. The maximum atomic E-state index is 13.6. The molecule has 12 nitrogen and oxygen atoms in total. The highest BCUT2D eigenvalue weighted by molar-refractivity contribution is 5.94. The average Bonchev–Trinajstić information content (AvgIpc) is 3.09. The molecular formula is C40H55N5O7. The fraction of sp³-hybridized carbons (Fsp3) is 0.450. The minimum Gasteiger partial charge on any atom is -0.444 e. The second-order valence-corrected chi connectivity index (χ2v) is 14.2. The third-order valence-electron chi connectivity index (χ3n) is 8.16. The normalized spacial score (nSPS) is 14.3. The zero-order valence-electron chi connectivity index (χ0n) is 30.8. The maximum Gasteiger partial charge on any atom is 0.407 e. The Morgan fingerprint density at radius 1 is 0.654 bits per heavy atom. The maximum absolute atomic E-state index is 13.6. The average molecular weight is 718 g/mol. The van der Waals surface area contributed by atoms with Crippen LogP contribution in [-0.4, -0.2) is 83.1 Å². The van der Waals surface area contributed by atoms with Crippen LogP contribution in [0.15, 0.2) is 91.0 Å². The van der Waals surface area contributed by atoms with Gasteiger partial charge in [-0.3, -0.25) is 14.4 Å². The molecule has 7 N–H and O–H groups in total. The minimum atomic E-state index is -1.09. The molecule has 0 saturated heterocycles. The summed E-state index contributed by atoms with van der Waals surface area (Å²) >= 11 is 0. The molecule has 282 valence electrons. The minimum absolute atomic E-state index is 0.00850. The van der Waals surface area contributed by atoms with E-state index in [1.165, 1.54) is 0 Å². The van der Waals surface area contributed by atoms with Crippen LogP contribution in [0.3, 0.4) is 0 Å². The Bertz CT molecular complexity index is 1530. The van der Waals surface area contributed by atoms with Crippen molar-refractivity contribution < 1.29 is 34.1 Å². The van der Waals surface area contributed by atoms with E-state index in [4.69, 9.17) is 4.74 Å². The molecule has 0 heterocycles. The van der Waals surface area contributed by atoms with Gasteiger partial charge in [0.1, 0.15) is 11.6 Å². The van der Waals surface area contributed by atoms with Crippen molar-refractivity contribution >= 4 is 29.5 Å². The lowest BCUT2D eigenvalue weighted by atomic mass is 9.98. The number of amides is 4. The molecule has 12 heteroatoms. The number of ether oxygens (including phenoxy) is 1. The van der Waals surface area contributed by atoms with Crippen molar-refractivity contribution in [2.75, 3.05) is 18.4 Å². The standard InChI is InChI=1S/C40H55N5O7/c1-27(2)37(45-36(49)22-21-35(48)42-30-19-13-8-14-20-30)38(50)43-31(23-28-15-9-6-10-16-28)33(46)25-41-26-34(47)32(24-29-17-11-7-12-18-29)44-39(51)52-40(3,4)5/h6-20,27,31-34,37,41,46-47H,21-26H2,1-5H3,(H,42,48)(H,43,50)(H,44,51)(H,45,49)/t31-,32-,33+,34+,37-/m0/s1. The summed E-state index contributed by atoms with van der Waals surface area (Å²) in [6.45, 7) is 8.91. The molecule has 0 radical (unpaired) electrons. The van der Waals surface area contributed by atoms with Crippen molar-refractivity contribution in [2.24, 2.45) is 5.92 Å². The number of rotatable bonds is 19. The molecule has 0 spiro atoms. The molecular weight excluding hydrogens is 662 g/mol. The fourth-order valence-corrected chi connectivity index (χ4v) is 5.45. The molecule has 0 bridgehead atoms. The summed E-state index contributed by atoms with van der Waals surface area (Å²) in [4.78, 5) is 51.5. The monoisotopic (exact) mass is 717 g/mol. The van der Waals surface area contributed by atoms with E-state index in [-0.39, 0.29) is 37.8 Å². The summed E-state index contributed by atoms with van der Waals surface area (Å²) in [6.07, 6.45) is -2.30. The van der Waals surface area contributed by atoms with Gasteiger partial charge in [0.2, 0.25) is 17.7 Å². The van der Waals surface area contributed by atoms with Crippen molar-refractivity contribution in [1.29, 1.82) is 0 Å². The third-order valence-corrected chi connectivity index (χ3v) is 8.16. The van der Waals surface area contributed by atoms with Crippen molar-refractivity contribution in [3.63, 3.8) is 0 Å². The Kier molecular flexibility index (Phi) is 16.7. The number of alkyl carbamates (subject to hydrolysis) is 1. The summed E-state index contributed by atoms with van der Waals surface area (Å²) < 4.78 is 5.42. The number of hydrogen-bond acceptors (Lipinski definition) is 8. The first-order valence-electron chi connectivity index (χ1n) is 17.8. The van der Waals surface area contributed by atoms with Gasteiger partial charge in [0.25, 0.3) is 0 Å². The Balaban J connectivity index is 1.62. The van der Waals surface area contributed by atoms with Crippen LogP contribution in [-0.2, 0) is 32.0 Å². The van der Waals surface area contributed by atoms with E-state index in [1.807, 2.05) is 66.7 Å². The summed E-state index contributed by atoms with van der Waals surface area (Å²) in [6, 6.07) is 25.4. The first kappa shape index (κ1) is 41.6. The van der Waals surface area contributed by atoms with Crippen molar-refractivity contribution in [3.8, 4) is 0 Å². The smallest absolute Gasteiger partial charge is 0.407 e. The van der Waals surface area contributed by atoms with E-state index in [1.54, 1.807) is 58.9 Å². The summed E-state index contributed by atoms with van der Waals surface area (Å²) in [7, 11) is 0. The topological polar surface area (TPSA) is 178 Å². The van der Waals surface area contributed by atoms with Gasteiger partial charge in [-0.15, -0.1) is 0 Å². The number of aliphatic hydroxyl groups is 2. The van der Waals surface area contributed by atoms with E-state index in [2.05, 4.69) is 26.6 Å². The van der Waals surface area contributed by atoms with Crippen LogP contribution in [0.25, 0.3) is 0 Å². The van der Waals surface area contributed by atoms with Crippen LogP contribution in [0, 0.1) is 5.92 Å². The molecule has 0 unspecified atom stereocenters. The van der Waals surface area contributed by atoms with Gasteiger partial charge in [-0.1, -0.05) is 92.7 Å². The molecule has 3 aromatic carbocycles. The van der Waals surface area contributed by atoms with Crippen molar-refractivity contribution in [1.82, 2.24) is 21.3 Å². The van der Waals surface area contributed by atoms with E-state index in [0.717, 1.165) is 11.1 Å². The lowest BCUT2D eigenvalue weighted by Crippen LogP contribution is -2.57. The Morgan fingerprint density at radius 2 is 1.12 bits per heavy atom. The molecule has 52 heavy (non-hydrogen) atoms. The molecule has 3 aromatic rings. The Morgan fingerprint density at radius 3 is 1.60 bits per heavy atom. The van der Waals surface area contributed by atoms with Crippen LogP contribution in [0.2, 0.25) is 0 Å². The number of aliphatic hydroxyl groups excluding tert-OH is 2. The number of carbonyl (C=O) groups is 4. The van der Waals surface area contributed by atoms with Gasteiger partial charge in [0.15, 0.2) is 0 Å². The zero-order chi connectivity index (χ0) is 38.1. The largest absolute Gasteiger partial charge is 0.444 e. The summed E-state index contributed by atoms with van der Waals surface area (Å²) in [5.41, 5.74) is 1.70. The SMILES string of the molecule is CC(C)[C@H](NC(=O)CCC(=O)Nc1ccccc1)C(=O)N[C@@H](Cc1ccccc1)[C@H](O)CNC[C@@H](O)[C@H](Cc1ccccc1)NC(=O)OC(C)(C)C. The van der Waals surface area contributed by atoms with Crippen LogP contribution >= 0.6 is 0 Å². The summed E-state index contributed by atoms with van der Waals surface area (Å²) in [5, 5.41) is 36.8.